The fraction of sp³-hybridized carbons (Fsp3) is 0. The molecule has 0 atom stereocenters. The van der Waals surface area contributed by atoms with Crippen LogP contribution >= 0.6 is 11.6 Å². The molecular weight excluding hydrogens is 188 g/mol. The number of hydrogen-bond acceptors (Lipinski definition) is 2. The molecule has 0 saturated carbocycles. The maximum atomic E-state index is 12.8. The predicted molar refractivity (Wildman–Crippen MR) is 37.7 cm³/mol. The lowest BCUT2D eigenvalue weighted by Gasteiger charge is -2.00. The number of rotatable bonds is 0. The van der Waals surface area contributed by atoms with E-state index in [0.717, 1.165) is 0 Å². The average Bonchev–Trinajstić information content (AvgIpc) is 2.01. The van der Waals surface area contributed by atoms with Gasteiger partial charge in [0.05, 0.1) is 0 Å². The lowest BCUT2D eigenvalue weighted by molar-refractivity contribution is 0.460. The number of nitriles is 1. The van der Waals surface area contributed by atoms with Gasteiger partial charge >= 0.3 is 0 Å². The second-order valence-electron chi connectivity index (χ2n) is 1.99. The normalized spacial score (nSPS) is 9.50. The molecule has 0 spiro atoms. The van der Waals surface area contributed by atoms with Crippen molar-refractivity contribution in [1.29, 1.82) is 5.26 Å². The van der Waals surface area contributed by atoms with E-state index in [2.05, 4.69) is 0 Å². The minimum Gasteiger partial charge on any atom is -0.506 e. The number of halogens is 3. The summed E-state index contributed by atoms with van der Waals surface area (Å²) in [4.78, 5) is 0. The SMILES string of the molecule is N#Cc1c(F)cc(O)c(Cl)c1F. The lowest BCUT2D eigenvalue weighted by Crippen LogP contribution is -1.91. The van der Waals surface area contributed by atoms with Crippen LogP contribution in [0.1, 0.15) is 5.56 Å². The smallest absolute Gasteiger partial charge is 0.166 e. The quantitative estimate of drug-likeness (QED) is 0.636. The summed E-state index contributed by atoms with van der Waals surface area (Å²) in [6, 6.07) is 1.87. The number of nitrogens with zero attached hydrogens (tertiary/aromatic N) is 1. The standard InChI is InChI=1S/C7H2ClF2NO/c8-6-5(12)1-4(9)3(2-11)7(6)10/h1,12H. The van der Waals surface area contributed by atoms with E-state index in [9.17, 15) is 8.78 Å². The third-order valence-electron chi connectivity index (χ3n) is 1.25. The second-order valence-corrected chi connectivity index (χ2v) is 2.37. The summed E-state index contributed by atoms with van der Waals surface area (Å²) in [5.41, 5.74) is -0.794. The Hall–Kier alpha value is -1.34. The molecule has 0 radical (unpaired) electrons. The molecule has 12 heavy (non-hydrogen) atoms. The molecular formula is C7H2ClF2NO. The van der Waals surface area contributed by atoms with Gasteiger partial charge < -0.3 is 5.11 Å². The third-order valence-corrected chi connectivity index (χ3v) is 1.61. The predicted octanol–water partition coefficient (Wildman–Crippen LogP) is 2.20. The number of phenols is 1. The van der Waals surface area contributed by atoms with Crippen LogP contribution in [0.2, 0.25) is 5.02 Å². The summed E-state index contributed by atoms with van der Waals surface area (Å²) < 4.78 is 25.4. The van der Waals surface area contributed by atoms with Crippen LogP contribution in [0.3, 0.4) is 0 Å². The molecule has 5 heteroatoms. The summed E-state index contributed by atoms with van der Waals surface area (Å²) in [5, 5.41) is 16.4. The Morgan fingerprint density at radius 2 is 2.08 bits per heavy atom. The molecule has 1 rings (SSSR count). The van der Waals surface area contributed by atoms with Gasteiger partial charge in [-0.15, -0.1) is 0 Å². The van der Waals surface area contributed by atoms with Crippen LogP contribution in [0.4, 0.5) is 8.78 Å². The summed E-state index contributed by atoms with van der Waals surface area (Å²) in [6.45, 7) is 0. The number of benzene rings is 1. The first-order chi connectivity index (χ1) is 5.57. The molecule has 0 unspecified atom stereocenters. The Labute approximate surface area is 71.6 Å². The molecule has 0 amide bonds. The van der Waals surface area contributed by atoms with E-state index in [4.69, 9.17) is 22.0 Å². The molecule has 0 aliphatic carbocycles. The molecule has 0 saturated heterocycles. The highest BCUT2D eigenvalue weighted by Gasteiger charge is 2.16. The zero-order chi connectivity index (χ0) is 9.30. The van der Waals surface area contributed by atoms with E-state index in [1.807, 2.05) is 0 Å². The van der Waals surface area contributed by atoms with Crippen LogP contribution in [-0.4, -0.2) is 5.11 Å². The van der Waals surface area contributed by atoms with Gasteiger partial charge in [-0.1, -0.05) is 11.6 Å². The molecule has 0 fully saturated rings. The number of aromatic hydroxyl groups is 1. The average molecular weight is 190 g/mol. The van der Waals surface area contributed by atoms with E-state index in [-0.39, 0.29) is 0 Å². The fourth-order valence-corrected chi connectivity index (χ4v) is 0.834. The van der Waals surface area contributed by atoms with Gasteiger partial charge in [-0.05, 0) is 0 Å². The number of hydrogen-bond donors (Lipinski definition) is 1. The molecule has 2 nitrogen and oxygen atoms in total. The number of phenolic OH excluding ortho intramolecular Hbond substituents is 1. The van der Waals surface area contributed by atoms with Crippen LogP contribution in [-0.2, 0) is 0 Å². The highest BCUT2D eigenvalue weighted by molar-refractivity contribution is 6.32. The second kappa shape index (κ2) is 2.95. The Morgan fingerprint density at radius 3 is 2.58 bits per heavy atom. The van der Waals surface area contributed by atoms with Gasteiger partial charge in [-0.2, -0.15) is 5.26 Å². The molecule has 1 N–H and O–H groups in total. The van der Waals surface area contributed by atoms with Gasteiger partial charge in [0.25, 0.3) is 0 Å². The maximum absolute atomic E-state index is 12.8. The van der Waals surface area contributed by atoms with E-state index < -0.39 is 28.0 Å². The summed E-state index contributed by atoms with van der Waals surface area (Å²) in [5.74, 6) is -3.08. The van der Waals surface area contributed by atoms with Crippen molar-refractivity contribution in [2.75, 3.05) is 0 Å². The third kappa shape index (κ3) is 1.19. The first-order valence-corrected chi connectivity index (χ1v) is 3.22. The molecule has 0 heterocycles. The highest BCUT2D eigenvalue weighted by atomic mass is 35.5. The Kier molecular flexibility index (Phi) is 2.15. The molecule has 0 aliphatic heterocycles. The molecule has 0 aliphatic rings. The van der Waals surface area contributed by atoms with Gasteiger partial charge in [-0.25, -0.2) is 8.78 Å². The molecule has 0 bridgehead atoms. The molecule has 1 aromatic rings. The first-order valence-electron chi connectivity index (χ1n) is 2.84. The monoisotopic (exact) mass is 189 g/mol. The van der Waals surface area contributed by atoms with Gasteiger partial charge in [0.1, 0.15) is 28.2 Å². The van der Waals surface area contributed by atoms with Crippen molar-refractivity contribution in [2.24, 2.45) is 0 Å². The van der Waals surface area contributed by atoms with Crippen molar-refractivity contribution < 1.29 is 13.9 Å². The Morgan fingerprint density at radius 1 is 1.50 bits per heavy atom. The van der Waals surface area contributed by atoms with Crippen molar-refractivity contribution in [3.63, 3.8) is 0 Å². The summed E-state index contributed by atoms with van der Waals surface area (Å²) in [6.07, 6.45) is 0. The van der Waals surface area contributed by atoms with Crippen LogP contribution in [0, 0.1) is 23.0 Å². The largest absolute Gasteiger partial charge is 0.506 e. The Bertz CT molecular complexity index is 373. The summed E-state index contributed by atoms with van der Waals surface area (Å²) in [7, 11) is 0. The zero-order valence-corrected chi connectivity index (χ0v) is 6.36. The molecule has 0 aromatic heterocycles. The van der Waals surface area contributed by atoms with E-state index in [1.54, 1.807) is 0 Å². The minimum absolute atomic E-state index is 0.587. The maximum Gasteiger partial charge on any atom is 0.166 e. The van der Waals surface area contributed by atoms with E-state index >= 15 is 0 Å². The van der Waals surface area contributed by atoms with Crippen LogP contribution in [0.5, 0.6) is 5.75 Å². The van der Waals surface area contributed by atoms with Gasteiger partial charge in [-0.3, -0.25) is 0 Å². The van der Waals surface area contributed by atoms with Crippen LogP contribution in [0.25, 0.3) is 0 Å². The van der Waals surface area contributed by atoms with Crippen molar-refractivity contribution in [2.45, 2.75) is 0 Å². The van der Waals surface area contributed by atoms with Crippen molar-refractivity contribution in [3.05, 3.63) is 28.3 Å². The zero-order valence-electron chi connectivity index (χ0n) is 5.61. The molecule has 1 aromatic carbocycles. The topological polar surface area (TPSA) is 44.0 Å². The van der Waals surface area contributed by atoms with Gasteiger partial charge in [0, 0.05) is 6.07 Å². The van der Waals surface area contributed by atoms with Crippen molar-refractivity contribution >= 4 is 11.6 Å². The first kappa shape index (κ1) is 8.75. The summed E-state index contributed by atoms with van der Waals surface area (Å²) >= 11 is 5.19. The van der Waals surface area contributed by atoms with E-state index in [0.29, 0.717) is 6.07 Å². The fourth-order valence-electron chi connectivity index (χ4n) is 0.685. The van der Waals surface area contributed by atoms with Crippen LogP contribution in [0.15, 0.2) is 6.07 Å². The minimum atomic E-state index is -1.24. The van der Waals surface area contributed by atoms with Crippen molar-refractivity contribution in [1.82, 2.24) is 0 Å². The Balaban J connectivity index is 3.54. The van der Waals surface area contributed by atoms with Crippen LogP contribution < -0.4 is 0 Å². The molecule has 62 valence electrons. The highest BCUT2D eigenvalue weighted by Crippen LogP contribution is 2.29. The van der Waals surface area contributed by atoms with Gasteiger partial charge in [0.2, 0.25) is 0 Å². The lowest BCUT2D eigenvalue weighted by atomic mass is 10.2. The van der Waals surface area contributed by atoms with Crippen molar-refractivity contribution in [3.8, 4) is 11.8 Å². The van der Waals surface area contributed by atoms with Gasteiger partial charge in [0.15, 0.2) is 5.82 Å². The van der Waals surface area contributed by atoms with E-state index in [1.165, 1.54) is 6.07 Å².